The number of nitrogens with zero attached hydrogens (tertiary/aromatic N) is 1. The molecular formula is C10H16N2O2. The van der Waals surface area contributed by atoms with Gasteiger partial charge in [0, 0.05) is 13.1 Å². The van der Waals surface area contributed by atoms with Crippen LogP contribution in [0.1, 0.15) is 12.8 Å². The maximum atomic E-state index is 11.0. The van der Waals surface area contributed by atoms with Crippen LogP contribution in [-0.2, 0) is 9.53 Å². The van der Waals surface area contributed by atoms with Gasteiger partial charge in [-0.3, -0.25) is 4.79 Å². The Hall–Kier alpha value is -0.610. The number of piperidine rings is 3. The molecule has 4 nitrogen and oxygen atoms in total. The van der Waals surface area contributed by atoms with Crippen molar-refractivity contribution in [2.45, 2.75) is 18.4 Å². The zero-order valence-corrected chi connectivity index (χ0v) is 8.29. The summed E-state index contributed by atoms with van der Waals surface area (Å²) in [5, 5.41) is 2.94. The second kappa shape index (κ2) is 2.94. The van der Waals surface area contributed by atoms with E-state index in [0.29, 0.717) is 12.5 Å². The zero-order chi connectivity index (χ0) is 9.60. The van der Waals surface area contributed by atoms with Crippen molar-refractivity contribution >= 4 is 5.91 Å². The van der Waals surface area contributed by atoms with Crippen molar-refractivity contribution in [3.05, 3.63) is 0 Å². The van der Waals surface area contributed by atoms with Crippen molar-refractivity contribution in [3.8, 4) is 0 Å². The van der Waals surface area contributed by atoms with Gasteiger partial charge in [0.1, 0.15) is 12.2 Å². The minimum absolute atomic E-state index is 0.0343. The molecule has 4 heteroatoms. The fraction of sp³-hybridized carbons (Fsp3) is 0.900. The van der Waals surface area contributed by atoms with Crippen molar-refractivity contribution in [2.24, 2.45) is 5.92 Å². The molecule has 0 aliphatic carbocycles. The number of carbonyl (C=O) groups excluding carboxylic acids is 1. The van der Waals surface area contributed by atoms with Crippen LogP contribution in [0.4, 0.5) is 0 Å². The van der Waals surface area contributed by atoms with Gasteiger partial charge >= 0.3 is 0 Å². The number of hydrogen-bond donors (Lipinski definition) is 1. The number of morpholine rings is 1. The van der Waals surface area contributed by atoms with Gasteiger partial charge in [-0.1, -0.05) is 0 Å². The summed E-state index contributed by atoms with van der Waals surface area (Å²) >= 11 is 0. The summed E-state index contributed by atoms with van der Waals surface area (Å²) in [7, 11) is 0. The predicted octanol–water partition coefficient (Wildman–Crippen LogP) is -0.403. The molecule has 0 aromatic carbocycles. The van der Waals surface area contributed by atoms with Crippen LogP contribution < -0.4 is 5.32 Å². The molecule has 78 valence electrons. The largest absolute Gasteiger partial charge is 0.362 e. The number of hydrogen-bond acceptors (Lipinski definition) is 3. The molecule has 0 radical (unpaired) electrons. The third kappa shape index (κ3) is 1.17. The van der Waals surface area contributed by atoms with Gasteiger partial charge in [0.15, 0.2) is 0 Å². The predicted molar refractivity (Wildman–Crippen MR) is 50.9 cm³/mol. The molecule has 4 aliphatic rings. The second-order valence-corrected chi connectivity index (χ2v) is 4.68. The molecule has 4 heterocycles. The molecule has 0 aromatic rings. The van der Waals surface area contributed by atoms with Gasteiger partial charge < -0.3 is 15.0 Å². The number of amides is 1. The van der Waals surface area contributed by atoms with Crippen molar-refractivity contribution in [3.63, 3.8) is 0 Å². The lowest BCUT2D eigenvalue weighted by Crippen LogP contribution is -2.67. The lowest BCUT2D eigenvalue weighted by Gasteiger charge is -2.54. The Morgan fingerprint density at radius 3 is 2.71 bits per heavy atom. The minimum atomic E-state index is -0.0512. The van der Waals surface area contributed by atoms with Crippen LogP contribution in [0.2, 0.25) is 0 Å². The molecule has 1 amide bonds. The maximum Gasteiger partial charge on any atom is 0.246 e. The first-order valence-electron chi connectivity index (χ1n) is 5.41. The molecule has 1 N–H and O–H groups in total. The Morgan fingerprint density at radius 1 is 1.43 bits per heavy atom. The van der Waals surface area contributed by atoms with Crippen LogP contribution in [0.5, 0.6) is 0 Å². The molecule has 4 aliphatic heterocycles. The lowest BCUT2D eigenvalue weighted by molar-refractivity contribution is -0.177. The first-order valence-corrected chi connectivity index (χ1v) is 5.41. The van der Waals surface area contributed by atoms with E-state index < -0.39 is 0 Å². The summed E-state index contributed by atoms with van der Waals surface area (Å²) in [6, 6.07) is 0. The standard InChI is InChI=1S/C10H16N2O2/c13-9-5-14-10(6-11-9)7-12-3-1-8(10)2-4-12/h8H,1-7H2,(H,11,13). The first kappa shape index (κ1) is 8.68. The Morgan fingerprint density at radius 2 is 2.21 bits per heavy atom. The molecule has 1 spiro atoms. The Bertz CT molecular complexity index is 249. The molecule has 1 atom stereocenters. The highest BCUT2D eigenvalue weighted by molar-refractivity contribution is 5.78. The average molecular weight is 196 g/mol. The van der Waals surface area contributed by atoms with Gasteiger partial charge in [0.2, 0.25) is 5.91 Å². The SMILES string of the molecule is O=C1COC2(CN1)CN1CCC2CC1. The molecular weight excluding hydrogens is 180 g/mol. The Kier molecular flexibility index (Phi) is 1.82. The fourth-order valence-corrected chi connectivity index (χ4v) is 3.05. The third-order valence-corrected chi connectivity index (χ3v) is 3.90. The van der Waals surface area contributed by atoms with Crippen molar-refractivity contribution < 1.29 is 9.53 Å². The van der Waals surface area contributed by atoms with Gasteiger partial charge in [0.25, 0.3) is 0 Å². The van der Waals surface area contributed by atoms with E-state index in [2.05, 4.69) is 10.2 Å². The van der Waals surface area contributed by atoms with Crippen LogP contribution in [-0.4, -0.2) is 49.2 Å². The van der Waals surface area contributed by atoms with Crippen LogP contribution in [0, 0.1) is 5.92 Å². The number of carbonyl (C=O) groups is 1. The highest BCUT2D eigenvalue weighted by Crippen LogP contribution is 2.38. The summed E-state index contributed by atoms with van der Waals surface area (Å²) in [5.41, 5.74) is -0.0512. The zero-order valence-electron chi connectivity index (χ0n) is 8.29. The van der Waals surface area contributed by atoms with Crippen LogP contribution >= 0.6 is 0 Å². The summed E-state index contributed by atoms with van der Waals surface area (Å²) in [4.78, 5) is 13.5. The van der Waals surface area contributed by atoms with Crippen LogP contribution in [0.15, 0.2) is 0 Å². The topological polar surface area (TPSA) is 41.6 Å². The monoisotopic (exact) mass is 196 g/mol. The fourth-order valence-electron chi connectivity index (χ4n) is 3.05. The van der Waals surface area contributed by atoms with Gasteiger partial charge in [-0.2, -0.15) is 0 Å². The second-order valence-electron chi connectivity index (χ2n) is 4.68. The van der Waals surface area contributed by atoms with Crippen molar-refractivity contribution in [1.29, 1.82) is 0 Å². The number of rotatable bonds is 0. The van der Waals surface area contributed by atoms with Crippen molar-refractivity contribution in [1.82, 2.24) is 10.2 Å². The van der Waals surface area contributed by atoms with Crippen molar-refractivity contribution in [2.75, 3.05) is 32.8 Å². The smallest absolute Gasteiger partial charge is 0.246 e. The molecule has 2 bridgehead atoms. The maximum absolute atomic E-state index is 11.0. The van der Waals surface area contributed by atoms with Gasteiger partial charge in [-0.05, 0) is 31.8 Å². The van der Waals surface area contributed by atoms with Gasteiger partial charge in [-0.25, -0.2) is 0 Å². The molecule has 0 aromatic heterocycles. The first-order chi connectivity index (χ1) is 6.78. The molecule has 4 fully saturated rings. The molecule has 4 rings (SSSR count). The van der Waals surface area contributed by atoms with Crippen LogP contribution in [0.25, 0.3) is 0 Å². The van der Waals surface area contributed by atoms with E-state index in [-0.39, 0.29) is 18.1 Å². The Balaban J connectivity index is 1.79. The number of fused-ring (bicyclic) bond motifs is 2. The third-order valence-electron chi connectivity index (χ3n) is 3.90. The summed E-state index contributed by atoms with van der Waals surface area (Å²) in [5.74, 6) is 0.695. The number of nitrogens with one attached hydrogen (secondary N) is 1. The van der Waals surface area contributed by atoms with E-state index in [1.807, 2.05) is 0 Å². The molecule has 0 saturated carbocycles. The number of ether oxygens (including phenoxy) is 1. The molecule has 14 heavy (non-hydrogen) atoms. The summed E-state index contributed by atoms with van der Waals surface area (Å²) in [6.07, 6.45) is 2.46. The Labute approximate surface area is 83.6 Å². The van der Waals surface area contributed by atoms with E-state index >= 15 is 0 Å². The van der Waals surface area contributed by atoms with E-state index in [0.717, 1.165) is 6.54 Å². The molecule has 4 saturated heterocycles. The minimum Gasteiger partial charge on any atom is -0.362 e. The van der Waals surface area contributed by atoms with E-state index in [4.69, 9.17) is 4.74 Å². The van der Waals surface area contributed by atoms with E-state index in [1.54, 1.807) is 0 Å². The highest BCUT2D eigenvalue weighted by atomic mass is 16.5. The highest BCUT2D eigenvalue weighted by Gasteiger charge is 2.49. The normalized spacial score (nSPS) is 46.7. The van der Waals surface area contributed by atoms with Crippen LogP contribution in [0.3, 0.4) is 0 Å². The summed E-state index contributed by atoms with van der Waals surface area (Å²) in [6.45, 7) is 4.41. The van der Waals surface area contributed by atoms with Gasteiger partial charge in [-0.15, -0.1) is 0 Å². The molecule has 1 unspecified atom stereocenters. The van der Waals surface area contributed by atoms with Gasteiger partial charge in [0.05, 0.1) is 0 Å². The lowest BCUT2D eigenvalue weighted by atomic mass is 9.74. The quantitative estimate of drug-likeness (QED) is 0.573. The average Bonchev–Trinajstić information content (AvgIpc) is 2.25. The van der Waals surface area contributed by atoms with E-state index in [1.165, 1.54) is 25.9 Å². The summed E-state index contributed by atoms with van der Waals surface area (Å²) < 4.78 is 5.80. The van der Waals surface area contributed by atoms with E-state index in [9.17, 15) is 4.79 Å².